The van der Waals surface area contributed by atoms with Crippen molar-refractivity contribution in [1.82, 2.24) is 4.90 Å². The molecule has 0 fully saturated rings. The summed E-state index contributed by atoms with van der Waals surface area (Å²) in [6, 6.07) is 1.99. The van der Waals surface area contributed by atoms with Gasteiger partial charge < -0.3 is 9.64 Å². The van der Waals surface area contributed by atoms with Gasteiger partial charge in [-0.1, -0.05) is 0 Å². The van der Waals surface area contributed by atoms with Gasteiger partial charge in [0, 0.05) is 13.2 Å². The van der Waals surface area contributed by atoms with Gasteiger partial charge in [0.15, 0.2) is 0 Å². The Kier molecular flexibility index (Phi) is 5.09. The lowest BCUT2D eigenvalue weighted by Gasteiger charge is -2.26. The number of carbonyl (C=O) groups excluding carboxylic acids is 1. The first-order valence-corrected chi connectivity index (χ1v) is 4.24. The lowest BCUT2D eigenvalue weighted by molar-refractivity contribution is -0.141. The number of nitrogens with zero attached hydrogens (tertiary/aromatic N) is 2. The SMILES string of the molecule is COC(C)C(=O)N(CC#N)C(C)C. The molecule has 0 aromatic heterocycles. The zero-order valence-corrected chi connectivity index (χ0v) is 8.57. The maximum atomic E-state index is 11.6. The van der Waals surface area contributed by atoms with Gasteiger partial charge in [0.2, 0.25) is 0 Å². The van der Waals surface area contributed by atoms with Crippen molar-refractivity contribution in [1.29, 1.82) is 5.26 Å². The molecular formula is C9H16N2O2. The molecule has 4 nitrogen and oxygen atoms in total. The number of hydrogen-bond donors (Lipinski definition) is 0. The van der Waals surface area contributed by atoms with E-state index >= 15 is 0 Å². The zero-order chi connectivity index (χ0) is 10.4. The van der Waals surface area contributed by atoms with Crippen LogP contribution in [0.4, 0.5) is 0 Å². The average Bonchev–Trinajstić information content (AvgIpc) is 2.11. The molecule has 0 aromatic rings. The summed E-state index contributed by atoms with van der Waals surface area (Å²) in [5.41, 5.74) is 0. The monoisotopic (exact) mass is 184 g/mol. The average molecular weight is 184 g/mol. The number of hydrogen-bond acceptors (Lipinski definition) is 3. The summed E-state index contributed by atoms with van der Waals surface area (Å²) in [6.45, 7) is 5.54. The zero-order valence-electron chi connectivity index (χ0n) is 8.57. The van der Waals surface area contributed by atoms with E-state index in [1.807, 2.05) is 19.9 Å². The summed E-state index contributed by atoms with van der Waals surface area (Å²) in [4.78, 5) is 13.0. The number of amides is 1. The quantitative estimate of drug-likeness (QED) is 0.607. The second-order valence-corrected chi connectivity index (χ2v) is 3.10. The van der Waals surface area contributed by atoms with Crippen LogP contribution in [0.3, 0.4) is 0 Å². The number of rotatable bonds is 4. The van der Waals surface area contributed by atoms with Crippen LogP contribution in [0.2, 0.25) is 0 Å². The Labute approximate surface area is 79.1 Å². The van der Waals surface area contributed by atoms with Crippen molar-refractivity contribution in [2.24, 2.45) is 0 Å². The highest BCUT2D eigenvalue weighted by Gasteiger charge is 2.21. The molecule has 1 atom stereocenters. The van der Waals surface area contributed by atoms with E-state index in [9.17, 15) is 4.79 Å². The Hall–Kier alpha value is -1.08. The summed E-state index contributed by atoms with van der Waals surface area (Å²) < 4.78 is 4.89. The summed E-state index contributed by atoms with van der Waals surface area (Å²) in [6.07, 6.45) is -0.476. The minimum absolute atomic E-state index is 0.0322. The molecule has 4 heteroatoms. The van der Waals surface area contributed by atoms with Gasteiger partial charge in [-0.25, -0.2) is 0 Å². The second-order valence-electron chi connectivity index (χ2n) is 3.10. The number of nitriles is 1. The molecule has 0 saturated heterocycles. The third-order valence-corrected chi connectivity index (χ3v) is 1.85. The highest BCUT2D eigenvalue weighted by atomic mass is 16.5. The van der Waals surface area contributed by atoms with Crippen LogP contribution in [0.25, 0.3) is 0 Å². The maximum Gasteiger partial charge on any atom is 0.252 e. The fourth-order valence-corrected chi connectivity index (χ4v) is 0.925. The van der Waals surface area contributed by atoms with Crippen molar-refractivity contribution < 1.29 is 9.53 Å². The van der Waals surface area contributed by atoms with Crippen LogP contribution < -0.4 is 0 Å². The molecule has 0 aliphatic carbocycles. The molecule has 13 heavy (non-hydrogen) atoms. The maximum absolute atomic E-state index is 11.6. The van der Waals surface area contributed by atoms with Crippen molar-refractivity contribution in [3.8, 4) is 6.07 Å². The van der Waals surface area contributed by atoms with Crippen molar-refractivity contribution in [3.05, 3.63) is 0 Å². The van der Waals surface area contributed by atoms with E-state index in [-0.39, 0.29) is 18.5 Å². The molecule has 0 radical (unpaired) electrons. The van der Waals surface area contributed by atoms with Crippen LogP contribution in [-0.4, -0.2) is 36.6 Å². The van der Waals surface area contributed by atoms with Gasteiger partial charge in [0.1, 0.15) is 12.6 Å². The van der Waals surface area contributed by atoms with Gasteiger partial charge in [0.25, 0.3) is 5.91 Å². The van der Waals surface area contributed by atoms with Crippen LogP contribution in [-0.2, 0) is 9.53 Å². The highest BCUT2D eigenvalue weighted by molar-refractivity contribution is 5.81. The van der Waals surface area contributed by atoms with Crippen LogP contribution in [0, 0.1) is 11.3 Å². The fraction of sp³-hybridized carbons (Fsp3) is 0.778. The minimum atomic E-state index is -0.476. The third kappa shape index (κ3) is 3.43. The van der Waals surface area contributed by atoms with Crippen LogP contribution >= 0.6 is 0 Å². The molecule has 1 amide bonds. The number of ether oxygens (including phenoxy) is 1. The normalized spacial score (nSPS) is 12.3. The fourth-order valence-electron chi connectivity index (χ4n) is 0.925. The lowest BCUT2D eigenvalue weighted by Crippen LogP contribution is -2.43. The summed E-state index contributed by atoms with van der Waals surface area (Å²) in [5.74, 6) is -0.140. The molecule has 0 aliphatic heterocycles. The van der Waals surface area contributed by atoms with E-state index < -0.39 is 6.10 Å². The number of carbonyl (C=O) groups is 1. The molecule has 74 valence electrons. The van der Waals surface area contributed by atoms with Gasteiger partial charge in [-0.2, -0.15) is 5.26 Å². The van der Waals surface area contributed by atoms with Crippen LogP contribution in [0.1, 0.15) is 20.8 Å². The van der Waals surface area contributed by atoms with E-state index in [1.54, 1.807) is 6.92 Å². The molecule has 0 N–H and O–H groups in total. The molecular weight excluding hydrogens is 168 g/mol. The van der Waals surface area contributed by atoms with Crippen molar-refractivity contribution in [2.45, 2.75) is 32.9 Å². The van der Waals surface area contributed by atoms with Crippen LogP contribution in [0.5, 0.6) is 0 Å². The van der Waals surface area contributed by atoms with Crippen LogP contribution in [0.15, 0.2) is 0 Å². The molecule has 0 saturated carbocycles. The predicted octanol–water partition coefficient (Wildman–Crippen LogP) is 0.782. The van der Waals surface area contributed by atoms with Crippen molar-refractivity contribution in [3.63, 3.8) is 0 Å². The first kappa shape index (κ1) is 11.9. The first-order chi connectivity index (χ1) is 6.04. The number of methoxy groups -OCH3 is 1. The summed E-state index contributed by atoms with van der Waals surface area (Å²) in [5, 5.41) is 8.50. The van der Waals surface area contributed by atoms with E-state index in [4.69, 9.17) is 10.00 Å². The topological polar surface area (TPSA) is 53.3 Å². The lowest BCUT2D eigenvalue weighted by atomic mass is 10.2. The van der Waals surface area contributed by atoms with Gasteiger partial charge in [-0.05, 0) is 20.8 Å². The molecule has 0 aromatic carbocycles. The van der Waals surface area contributed by atoms with Gasteiger partial charge >= 0.3 is 0 Å². The van der Waals surface area contributed by atoms with Gasteiger partial charge in [-0.3, -0.25) is 4.79 Å². The smallest absolute Gasteiger partial charge is 0.252 e. The minimum Gasteiger partial charge on any atom is -0.372 e. The largest absolute Gasteiger partial charge is 0.372 e. The van der Waals surface area contributed by atoms with E-state index in [0.29, 0.717) is 0 Å². The Bertz CT molecular complexity index is 208. The Morgan fingerprint density at radius 3 is 2.38 bits per heavy atom. The van der Waals surface area contributed by atoms with Crippen molar-refractivity contribution >= 4 is 5.91 Å². The highest BCUT2D eigenvalue weighted by Crippen LogP contribution is 2.03. The summed E-state index contributed by atoms with van der Waals surface area (Å²) in [7, 11) is 1.48. The standard InChI is InChI=1S/C9H16N2O2/c1-7(2)11(6-5-10)9(12)8(3)13-4/h7-8H,6H2,1-4H3. The molecule has 0 spiro atoms. The van der Waals surface area contributed by atoms with E-state index in [0.717, 1.165) is 0 Å². The van der Waals surface area contributed by atoms with E-state index in [1.165, 1.54) is 12.0 Å². The molecule has 0 heterocycles. The Balaban J connectivity index is 4.38. The summed E-state index contributed by atoms with van der Waals surface area (Å²) >= 11 is 0. The molecule has 0 bridgehead atoms. The van der Waals surface area contributed by atoms with E-state index in [2.05, 4.69) is 0 Å². The van der Waals surface area contributed by atoms with Gasteiger partial charge in [0.05, 0.1) is 6.07 Å². The van der Waals surface area contributed by atoms with Crippen molar-refractivity contribution in [2.75, 3.05) is 13.7 Å². The Morgan fingerprint density at radius 2 is 2.08 bits per heavy atom. The van der Waals surface area contributed by atoms with Gasteiger partial charge in [-0.15, -0.1) is 0 Å². The molecule has 0 aliphatic rings. The molecule has 0 rings (SSSR count). The second kappa shape index (κ2) is 5.55. The predicted molar refractivity (Wildman–Crippen MR) is 48.9 cm³/mol. The molecule has 1 unspecified atom stereocenters. The Morgan fingerprint density at radius 1 is 1.54 bits per heavy atom. The third-order valence-electron chi connectivity index (χ3n) is 1.85. The first-order valence-electron chi connectivity index (χ1n) is 4.24.